The van der Waals surface area contributed by atoms with Crippen molar-refractivity contribution in [1.29, 1.82) is 0 Å². The van der Waals surface area contributed by atoms with Gasteiger partial charge in [0.15, 0.2) is 5.96 Å². The summed E-state index contributed by atoms with van der Waals surface area (Å²) in [6.45, 7) is 2.80. The average molecular weight is 391 g/mol. The third-order valence-electron chi connectivity index (χ3n) is 4.80. The van der Waals surface area contributed by atoms with Crippen LogP contribution < -0.4 is 11.0 Å². The second-order valence-corrected chi connectivity index (χ2v) is 7.21. The molecule has 3 rings (SSSR count). The molecule has 0 fully saturated rings. The van der Waals surface area contributed by atoms with Gasteiger partial charge in [0.2, 0.25) is 0 Å². The highest BCUT2D eigenvalue weighted by molar-refractivity contribution is 6.31. The van der Waals surface area contributed by atoms with Crippen molar-refractivity contribution >= 4 is 17.6 Å². The molecule has 0 aliphatic carbocycles. The molecule has 1 aromatic heterocycles. The minimum Gasteiger partial charge on any atom is -0.356 e. The molecule has 1 aliphatic heterocycles. The van der Waals surface area contributed by atoms with Gasteiger partial charge in [-0.15, -0.1) is 0 Å². The Hall–Kier alpha value is -2.28. The molecule has 0 saturated heterocycles. The Morgan fingerprint density at radius 2 is 2.19 bits per heavy atom. The second-order valence-electron chi connectivity index (χ2n) is 6.81. The molecular weight excluding hydrogens is 364 g/mol. The van der Waals surface area contributed by atoms with E-state index in [0.29, 0.717) is 19.6 Å². The SMILES string of the molecule is CN=C(NCCCn1nc2n(c1=O)CCCC2)N(C)Cc1ccccc1Cl. The Morgan fingerprint density at radius 3 is 2.93 bits per heavy atom. The van der Waals surface area contributed by atoms with Crippen molar-refractivity contribution < 1.29 is 0 Å². The second kappa shape index (κ2) is 9.08. The number of aryl methyl sites for hydroxylation is 2. The molecule has 1 N–H and O–H groups in total. The van der Waals surface area contributed by atoms with Crippen LogP contribution in [-0.4, -0.2) is 45.8 Å². The first-order chi connectivity index (χ1) is 13.1. The highest BCUT2D eigenvalue weighted by Gasteiger charge is 2.16. The molecule has 8 heteroatoms. The minimum absolute atomic E-state index is 0.0184. The monoisotopic (exact) mass is 390 g/mol. The zero-order valence-corrected chi connectivity index (χ0v) is 16.7. The van der Waals surface area contributed by atoms with Gasteiger partial charge in [-0.25, -0.2) is 9.48 Å². The van der Waals surface area contributed by atoms with Crippen LogP contribution in [0.5, 0.6) is 0 Å². The maximum absolute atomic E-state index is 12.3. The summed E-state index contributed by atoms with van der Waals surface area (Å²) in [6, 6.07) is 7.81. The Morgan fingerprint density at radius 1 is 1.37 bits per heavy atom. The Balaban J connectivity index is 1.49. The molecule has 2 aromatic rings. The van der Waals surface area contributed by atoms with Gasteiger partial charge in [-0.05, 0) is 30.9 Å². The fraction of sp³-hybridized carbons (Fsp3) is 0.526. The number of hydrogen-bond acceptors (Lipinski definition) is 3. The number of benzene rings is 1. The van der Waals surface area contributed by atoms with Gasteiger partial charge in [-0.2, -0.15) is 5.10 Å². The predicted molar refractivity (Wildman–Crippen MR) is 108 cm³/mol. The molecule has 0 atom stereocenters. The molecule has 1 aromatic carbocycles. The van der Waals surface area contributed by atoms with Crippen molar-refractivity contribution in [2.24, 2.45) is 4.99 Å². The zero-order valence-electron chi connectivity index (χ0n) is 16.0. The fourth-order valence-electron chi connectivity index (χ4n) is 3.36. The van der Waals surface area contributed by atoms with Crippen LogP contribution in [0.3, 0.4) is 0 Å². The maximum Gasteiger partial charge on any atom is 0.345 e. The molecule has 27 heavy (non-hydrogen) atoms. The van der Waals surface area contributed by atoms with Crippen molar-refractivity contribution in [2.45, 2.75) is 45.3 Å². The van der Waals surface area contributed by atoms with E-state index in [1.807, 2.05) is 40.8 Å². The van der Waals surface area contributed by atoms with Crippen LogP contribution in [0.25, 0.3) is 0 Å². The van der Waals surface area contributed by atoms with Crippen LogP contribution in [0.2, 0.25) is 5.02 Å². The van der Waals surface area contributed by atoms with Gasteiger partial charge in [0, 0.05) is 51.7 Å². The number of fused-ring (bicyclic) bond motifs is 1. The van der Waals surface area contributed by atoms with E-state index in [1.165, 1.54) is 0 Å². The molecule has 0 amide bonds. The third kappa shape index (κ3) is 4.71. The minimum atomic E-state index is 0.0184. The topological polar surface area (TPSA) is 67.5 Å². The van der Waals surface area contributed by atoms with Crippen molar-refractivity contribution in [3.8, 4) is 0 Å². The van der Waals surface area contributed by atoms with Crippen LogP contribution in [0, 0.1) is 0 Å². The lowest BCUT2D eigenvalue weighted by Gasteiger charge is -2.22. The number of nitrogens with one attached hydrogen (secondary N) is 1. The Labute approximate surface area is 164 Å². The first-order valence-corrected chi connectivity index (χ1v) is 9.79. The van der Waals surface area contributed by atoms with Crippen molar-refractivity contribution in [1.82, 2.24) is 24.6 Å². The van der Waals surface area contributed by atoms with Gasteiger partial charge in [-0.1, -0.05) is 29.8 Å². The first kappa shape index (κ1) is 19.5. The summed E-state index contributed by atoms with van der Waals surface area (Å²) in [4.78, 5) is 18.7. The smallest absolute Gasteiger partial charge is 0.345 e. The molecule has 0 spiro atoms. The van der Waals surface area contributed by atoms with Crippen LogP contribution in [0.4, 0.5) is 0 Å². The third-order valence-corrected chi connectivity index (χ3v) is 5.17. The normalized spacial score (nSPS) is 14.1. The van der Waals surface area contributed by atoms with E-state index in [9.17, 15) is 4.79 Å². The van der Waals surface area contributed by atoms with Gasteiger partial charge in [0.05, 0.1) is 0 Å². The highest BCUT2D eigenvalue weighted by atomic mass is 35.5. The first-order valence-electron chi connectivity index (χ1n) is 9.42. The quantitative estimate of drug-likeness (QED) is 0.466. The number of aromatic nitrogens is 3. The molecule has 0 unspecified atom stereocenters. The fourth-order valence-corrected chi connectivity index (χ4v) is 3.56. The van der Waals surface area contributed by atoms with Crippen molar-refractivity contribution in [3.63, 3.8) is 0 Å². The zero-order chi connectivity index (χ0) is 19.2. The van der Waals surface area contributed by atoms with Gasteiger partial charge in [-0.3, -0.25) is 9.56 Å². The van der Waals surface area contributed by atoms with E-state index in [2.05, 4.69) is 15.4 Å². The van der Waals surface area contributed by atoms with Crippen LogP contribution in [-0.2, 0) is 26.1 Å². The Bertz CT molecular complexity index is 856. The average Bonchev–Trinajstić information content (AvgIpc) is 3.00. The van der Waals surface area contributed by atoms with E-state index in [-0.39, 0.29) is 5.69 Å². The van der Waals surface area contributed by atoms with E-state index in [4.69, 9.17) is 11.6 Å². The summed E-state index contributed by atoms with van der Waals surface area (Å²) in [6.07, 6.45) is 3.88. The van der Waals surface area contributed by atoms with Gasteiger partial charge < -0.3 is 10.2 Å². The van der Waals surface area contributed by atoms with Crippen LogP contribution in [0.1, 0.15) is 30.7 Å². The number of nitrogens with zero attached hydrogens (tertiary/aromatic N) is 5. The largest absolute Gasteiger partial charge is 0.356 e. The number of halogens is 1. The van der Waals surface area contributed by atoms with E-state index in [1.54, 1.807) is 11.7 Å². The Kier molecular flexibility index (Phi) is 6.55. The lowest BCUT2D eigenvalue weighted by Crippen LogP contribution is -2.39. The van der Waals surface area contributed by atoms with E-state index in [0.717, 1.165) is 54.6 Å². The molecule has 7 nitrogen and oxygen atoms in total. The highest BCUT2D eigenvalue weighted by Crippen LogP contribution is 2.16. The van der Waals surface area contributed by atoms with Crippen LogP contribution >= 0.6 is 11.6 Å². The summed E-state index contributed by atoms with van der Waals surface area (Å²) >= 11 is 6.24. The van der Waals surface area contributed by atoms with E-state index < -0.39 is 0 Å². The molecule has 146 valence electrons. The summed E-state index contributed by atoms with van der Waals surface area (Å²) in [5, 5.41) is 8.57. The molecule has 1 aliphatic rings. The molecule has 0 bridgehead atoms. The molecule has 0 radical (unpaired) electrons. The lowest BCUT2D eigenvalue weighted by molar-refractivity contribution is 0.469. The number of aliphatic imine (C=N–C) groups is 1. The summed E-state index contributed by atoms with van der Waals surface area (Å²) in [7, 11) is 3.74. The van der Waals surface area contributed by atoms with E-state index >= 15 is 0 Å². The van der Waals surface area contributed by atoms with Gasteiger partial charge in [0.25, 0.3) is 0 Å². The number of rotatable bonds is 6. The standard InChI is InChI=1S/C19H27ClN6O/c1-21-18(24(2)14-15-8-3-4-9-16(15)20)22-11-7-13-26-19(27)25-12-6-5-10-17(25)23-26/h3-4,8-9H,5-7,10-14H2,1-2H3,(H,21,22). The molecule has 0 saturated carbocycles. The summed E-state index contributed by atoms with van der Waals surface area (Å²) in [5.41, 5.74) is 1.07. The lowest BCUT2D eigenvalue weighted by atomic mass is 10.2. The summed E-state index contributed by atoms with van der Waals surface area (Å²) < 4.78 is 3.41. The molecular formula is C19H27ClN6O. The summed E-state index contributed by atoms with van der Waals surface area (Å²) in [5.74, 6) is 1.72. The molecule has 2 heterocycles. The van der Waals surface area contributed by atoms with Crippen molar-refractivity contribution in [2.75, 3.05) is 20.6 Å². The maximum atomic E-state index is 12.3. The van der Waals surface area contributed by atoms with Gasteiger partial charge >= 0.3 is 5.69 Å². The number of guanidine groups is 1. The predicted octanol–water partition coefficient (Wildman–Crippen LogP) is 2.13. The van der Waals surface area contributed by atoms with Crippen molar-refractivity contribution in [3.05, 3.63) is 51.2 Å². The van der Waals surface area contributed by atoms with Crippen LogP contribution in [0.15, 0.2) is 34.1 Å². The number of hydrogen-bond donors (Lipinski definition) is 1. The van der Waals surface area contributed by atoms with Gasteiger partial charge in [0.1, 0.15) is 5.82 Å².